The Morgan fingerprint density at radius 3 is 2.56 bits per heavy atom. The highest BCUT2D eigenvalue weighted by Crippen LogP contribution is 2.20. The van der Waals surface area contributed by atoms with Crippen LogP contribution >= 0.6 is 15.9 Å². The van der Waals surface area contributed by atoms with Crippen LogP contribution in [0.25, 0.3) is 0 Å². The van der Waals surface area contributed by atoms with Gasteiger partial charge in [0.1, 0.15) is 12.4 Å². The second-order valence-electron chi connectivity index (χ2n) is 3.70. The third-order valence-electron chi connectivity index (χ3n) is 2.34. The number of hydrogen-bond donors (Lipinski definition) is 0. The summed E-state index contributed by atoms with van der Waals surface area (Å²) >= 11 is 3.52. The summed E-state index contributed by atoms with van der Waals surface area (Å²) in [6, 6.07) is 16.1. The Bertz CT molecular complexity index is 465. The Kier molecular flexibility index (Phi) is 3.62. The first-order valence-corrected chi connectivity index (χ1v) is 5.98. The summed E-state index contributed by atoms with van der Waals surface area (Å²) in [5.74, 6) is 0.899. The minimum atomic E-state index is 0.590. The number of rotatable bonds is 3. The summed E-state index contributed by atoms with van der Waals surface area (Å²) in [4.78, 5) is 0. The number of ether oxygens (including phenoxy) is 1. The summed E-state index contributed by atoms with van der Waals surface area (Å²) in [7, 11) is 0. The quantitative estimate of drug-likeness (QED) is 0.811. The average Bonchev–Trinajstić information content (AvgIpc) is 2.32. The van der Waals surface area contributed by atoms with E-state index in [1.54, 1.807) is 0 Å². The first kappa shape index (κ1) is 11.2. The van der Waals surface area contributed by atoms with Crippen LogP contribution in [-0.2, 0) is 6.61 Å². The van der Waals surface area contributed by atoms with Crippen LogP contribution in [0, 0.1) is 6.92 Å². The van der Waals surface area contributed by atoms with Gasteiger partial charge in [0.05, 0.1) is 0 Å². The van der Waals surface area contributed by atoms with Gasteiger partial charge in [0.25, 0.3) is 0 Å². The van der Waals surface area contributed by atoms with Gasteiger partial charge in [-0.1, -0.05) is 51.8 Å². The fourth-order valence-electron chi connectivity index (χ4n) is 1.49. The molecule has 2 rings (SSSR count). The van der Waals surface area contributed by atoms with Gasteiger partial charge in [0.2, 0.25) is 0 Å². The minimum absolute atomic E-state index is 0.590. The van der Waals surface area contributed by atoms with E-state index < -0.39 is 0 Å². The van der Waals surface area contributed by atoms with E-state index in [1.807, 2.05) is 30.3 Å². The second-order valence-corrected chi connectivity index (χ2v) is 4.55. The molecular weight excluding hydrogens is 264 g/mol. The van der Waals surface area contributed by atoms with Gasteiger partial charge in [-0.2, -0.15) is 0 Å². The third-order valence-corrected chi connectivity index (χ3v) is 3.11. The Morgan fingerprint density at radius 2 is 1.81 bits per heavy atom. The van der Waals surface area contributed by atoms with E-state index in [9.17, 15) is 0 Å². The maximum absolute atomic E-state index is 5.70. The fourth-order valence-corrected chi connectivity index (χ4v) is 1.85. The number of hydrogen-bond acceptors (Lipinski definition) is 1. The zero-order valence-electron chi connectivity index (χ0n) is 9.11. The van der Waals surface area contributed by atoms with Crippen molar-refractivity contribution in [2.45, 2.75) is 13.5 Å². The van der Waals surface area contributed by atoms with E-state index in [2.05, 4.69) is 41.1 Å². The highest BCUT2D eigenvalue weighted by molar-refractivity contribution is 9.10. The number of halogens is 1. The molecule has 0 bridgehead atoms. The Balaban J connectivity index is 2.08. The molecule has 0 aliphatic carbocycles. The van der Waals surface area contributed by atoms with E-state index in [0.29, 0.717) is 6.61 Å². The van der Waals surface area contributed by atoms with Gasteiger partial charge >= 0.3 is 0 Å². The van der Waals surface area contributed by atoms with Gasteiger partial charge < -0.3 is 4.74 Å². The van der Waals surface area contributed by atoms with Crippen LogP contribution in [-0.4, -0.2) is 0 Å². The molecule has 2 aromatic rings. The molecule has 0 unspecified atom stereocenters. The molecule has 1 nitrogen and oxygen atoms in total. The predicted molar refractivity (Wildman–Crippen MR) is 69.7 cm³/mol. The molecule has 0 saturated carbocycles. The number of aryl methyl sites for hydroxylation is 1. The monoisotopic (exact) mass is 276 g/mol. The first-order valence-electron chi connectivity index (χ1n) is 5.18. The van der Waals surface area contributed by atoms with Gasteiger partial charge in [-0.15, -0.1) is 0 Å². The van der Waals surface area contributed by atoms with Crippen LogP contribution in [0.5, 0.6) is 5.75 Å². The lowest BCUT2D eigenvalue weighted by atomic mass is 10.1. The van der Waals surface area contributed by atoms with Crippen molar-refractivity contribution in [3.63, 3.8) is 0 Å². The molecule has 0 aliphatic rings. The average molecular weight is 277 g/mol. The van der Waals surface area contributed by atoms with Gasteiger partial charge in [0.15, 0.2) is 0 Å². The van der Waals surface area contributed by atoms with E-state index in [1.165, 1.54) is 11.1 Å². The molecule has 0 fully saturated rings. The molecule has 0 saturated heterocycles. The molecule has 2 aromatic carbocycles. The zero-order chi connectivity index (χ0) is 11.4. The first-order chi connectivity index (χ1) is 7.75. The summed E-state index contributed by atoms with van der Waals surface area (Å²) in [6.07, 6.45) is 0. The SMILES string of the molecule is Cc1ccc(Br)c(COc2ccccc2)c1. The van der Waals surface area contributed by atoms with Crippen molar-refractivity contribution in [2.24, 2.45) is 0 Å². The molecule has 0 aliphatic heterocycles. The van der Waals surface area contributed by atoms with Gasteiger partial charge in [-0.25, -0.2) is 0 Å². The molecule has 0 spiro atoms. The zero-order valence-corrected chi connectivity index (χ0v) is 10.7. The topological polar surface area (TPSA) is 9.23 Å². The molecule has 0 aromatic heterocycles. The maximum Gasteiger partial charge on any atom is 0.119 e. The Labute approximate surface area is 104 Å². The lowest BCUT2D eigenvalue weighted by molar-refractivity contribution is 0.305. The van der Waals surface area contributed by atoms with Crippen molar-refractivity contribution < 1.29 is 4.74 Å². The van der Waals surface area contributed by atoms with Gasteiger partial charge in [-0.05, 0) is 25.1 Å². The highest BCUT2D eigenvalue weighted by Gasteiger charge is 2.01. The summed E-state index contributed by atoms with van der Waals surface area (Å²) < 4.78 is 6.79. The van der Waals surface area contributed by atoms with Crippen LogP contribution in [0.2, 0.25) is 0 Å². The molecule has 16 heavy (non-hydrogen) atoms. The van der Waals surface area contributed by atoms with Crippen molar-refractivity contribution in [1.29, 1.82) is 0 Å². The molecular formula is C14H13BrO. The summed E-state index contributed by atoms with van der Waals surface area (Å²) in [5, 5.41) is 0. The fraction of sp³-hybridized carbons (Fsp3) is 0.143. The Hall–Kier alpha value is -1.28. The van der Waals surface area contributed by atoms with E-state index >= 15 is 0 Å². The minimum Gasteiger partial charge on any atom is -0.489 e. The van der Waals surface area contributed by atoms with Crippen LogP contribution < -0.4 is 4.74 Å². The van der Waals surface area contributed by atoms with Crippen LogP contribution in [0.15, 0.2) is 53.0 Å². The van der Waals surface area contributed by atoms with Crippen molar-refractivity contribution in [3.05, 3.63) is 64.1 Å². The van der Waals surface area contributed by atoms with Crippen molar-refractivity contribution in [1.82, 2.24) is 0 Å². The third kappa shape index (κ3) is 2.86. The lowest BCUT2D eigenvalue weighted by Gasteiger charge is -2.08. The summed E-state index contributed by atoms with van der Waals surface area (Å²) in [6.45, 7) is 2.67. The molecule has 0 N–H and O–H groups in total. The maximum atomic E-state index is 5.70. The van der Waals surface area contributed by atoms with E-state index in [0.717, 1.165) is 10.2 Å². The van der Waals surface area contributed by atoms with Crippen molar-refractivity contribution >= 4 is 15.9 Å². The normalized spacial score (nSPS) is 10.1. The van der Waals surface area contributed by atoms with Gasteiger partial charge in [-0.3, -0.25) is 0 Å². The number of benzene rings is 2. The largest absolute Gasteiger partial charge is 0.489 e. The standard InChI is InChI=1S/C14H13BrO/c1-11-7-8-14(15)12(9-11)10-16-13-5-3-2-4-6-13/h2-9H,10H2,1H3. The second kappa shape index (κ2) is 5.17. The van der Waals surface area contributed by atoms with Crippen molar-refractivity contribution in [2.75, 3.05) is 0 Å². The molecule has 82 valence electrons. The summed E-state index contributed by atoms with van der Waals surface area (Å²) in [5.41, 5.74) is 2.42. The predicted octanol–water partition coefficient (Wildman–Crippen LogP) is 4.34. The Morgan fingerprint density at radius 1 is 1.06 bits per heavy atom. The van der Waals surface area contributed by atoms with Gasteiger partial charge in [0, 0.05) is 10.0 Å². The van der Waals surface area contributed by atoms with E-state index in [-0.39, 0.29) is 0 Å². The van der Waals surface area contributed by atoms with Crippen LogP contribution in [0.1, 0.15) is 11.1 Å². The molecule has 0 amide bonds. The highest BCUT2D eigenvalue weighted by atomic mass is 79.9. The molecule has 2 heteroatoms. The smallest absolute Gasteiger partial charge is 0.119 e. The van der Waals surface area contributed by atoms with E-state index in [4.69, 9.17) is 4.74 Å². The van der Waals surface area contributed by atoms with Crippen LogP contribution in [0.3, 0.4) is 0 Å². The number of para-hydroxylation sites is 1. The van der Waals surface area contributed by atoms with Crippen LogP contribution in [0.4, 0.5) is 0 Å². The van der Waals surface area contributed by atoms with Crippen molar-refractivity contribution in [3.8, 4) is 5.75 Å². The lowest BCUT2D eigenvalue weighted by Crippen LogP contribution is -1.96. The molecule has 0 atom stereocenters. The molecule has 0 heterocycles. The molecule has 0 radical (unpaired) electrons.